The van der Waals surface area contributed by atoms with Crippen LogP contribution in [0.2, 0.25) is 0 Å². The van der Waals surface area contributed by atoms with Gasteiger partial charge in [0.1, 0.15) is 11.6 Å². The van der Waals surface area contributed by atoms with Gasteiger partial charge >= 0.3 is 5.97 Å². The first-order valence-electron chi connectivity index (χ1n) is 5.43. The fourth-order valence-electron chi connectivity index (χ4n) is 1.59. The molecule has 2 rings (SSSR count). The number of aromatic nitrogens is 1. The standard InChI is InChI=1S/C13H10F2N2O2/c14-9-1-2-11(15)8(5-9)6-17-12-7-16-4-3-10(12)13(18)19/h1-5,7,17H,6H2,(H,18,19). The average Bonchev–Trinajstić information content (AvgIpc) is 2.40. The number of benzene rings is 1. The van der Waals surface area contributed by atoms with Crippen molar-refractivity contribution in [3.63, 3.8) is 0 Å². The summed E-state index contributed by atoms with van der Waals surface area (Å²) in [5, 5.41) is 11.7. The van der Waals surface area contributed by atoms with Crippen LogP contribution in [0.3, 0.4) is 0 Å². The molecule has 6 heteroatoms. The van der Waals surface area contributed by atoms with Gasteiger partial charge in [-0.25, -0.2) is 13.6 Å². The van der Waals surface area contributed by atoms with E-state index in [1.807, 2.05) is 0 Å². The summed E-state index contributed by atoms with van der Waals surface area (Å²) in [5.41, 5.74) is 0.380. The number of nitrogens with one attached hydrogen (secondary N) is 1. The second-order valence-corrected chi connectivity index (χ2v) is 3.82. The summed E-state index contributed by atoms with van der Waals surface area (Å²) in [6, 6.07) is 4.42. The normalized spacial score (nSPS) is 10.2. The highest BCUT2D eigenvalue weighted by Crippen LogP contribution is 2.16. The Morgan fingerprint density at radius 3 is 2.84 bits per heavy atom. The number of hydrogen-bond donors (Lipinski definition) is 2. The van der Waals surface area contributed by atoms with Crippen LogP contribution < -0.4 is 5.32 Å². The van der Waals surface area contributed by atoms with Crippen LogP contribution in [0, 0.1) is 11.6 Å². The summed E-state index contributed by atoms with van der Waals surface area (Å²) in [7, 11) is 0. The smallest absolute Gasteiger partial charge is 0.337 e. The molecule has 0 aliphatic carbocycles. The lowest BCUT2D eigenvalue weighted by atomic mass is 10.2. The van der Waals surface area contributed by atoms with Crippen molar-refractivity contribution in [3.05, 3.63) is 59.4 Å². The zero-order valence-electron chi connectivity index (χ0n) is 9.73. The first kappa shape index (κ1) is 12.9. The van der Waals surface area contributed by atoms with Gasteiger partial charge in [0.15, 0.2) is 0 Å². The molecule has 0 aliphatic heterocycles. The molecule has 2 N–H and O–H groups in total. The number of nitrogens with zero attached hydrogens (tertiary/aromatic N) is 1. The number of carboxylic acids is 1. The van der Waals surface area contributed by atoms with Gasteiger partial charge < -0.3 is 10.4 Å². The number of pyridine rings is 1. The van der Waals surface area contributed by atoms with E-state index in [1.54, 1.807) is 0 Å². The molecule has 1 aromatic carbocycles. The van der Waals surface area contributed by atoms with Crippen molar-refractivity contribution in [2.45, 2.75) is 6.54 Å². The van der Waals surface area contributed by atoms with Gasteiger partial charge in [0, 0.05) is 18.3 Å². The largest absolute Gasteiger partial charge is 0.478 e. The number of hydrogen-bond acceptors (Lipinski definition) is 3. The summed E-state index contributed by atoms with van der Waals surface area (Å²) in [5.74, 6) is -2.23. The van der Waals surface area contributed by atoms with E-state index in [0.29, 0.717) is 0 Å². The van der Waals surface area contributed by atoms with Gasteiger partial charge in [-0.1, -0.05) is 0 Å². The van der Waals surface area contributed by atoms with E-state index in [-0.39, 0.29) is 23.4 Å². The fourth-order valence-corrected chi connectivity index (χ4v) is 1.59. The number of halogens is 2. The molecule has 0 aliphatic rings. The SMILES string of the molecule is O=C(O)c1ccncc1NCc1cc(F)ccc1F. The van der Waals surface area contributed by atoms with Gasteiger partial charge in [-0.05, 0) is 24.3 Å². The Balaban J connectivity index is 2.19. The minimum absolute atomic E-state index is 0.0202. The van der Waals surface area contributed by atoms with Gasteiger partial charge in [-0.3, -0.25) is 4.98 Å². The molecule has 2 aromatic rings. The van der Waals surface area contributed by atoms with Crippen LogP contribution in [-0.2, 0) is 6.54 Å². The van der Waals surface area contributed by atoms with Crippen molar-refractivity contribution in [1.82, 2.24) is 4.98 Å². The minimum atomic E-state index is -1.12. The molecule has 0 saturated carbocycles. The van der Waals surface area contributed by atoms with Crippen LogP contribution in [0.4, 0.5) is 14.5 Å². The highest BCUT2D eigenvalue weighted by atomic mass is 19.1. The Bertz CT molecular complexity index is 617. The maximum absolute atomic E-state index is 13.4. The predicted molar refractivity (Wildman–Crippen MR) is 64.9 cm³/mol. The number of anilines is 1. The topological polar surface area (TPSA) is 62.2 Å². The first-order valence-corrected chi connectivity index (χ1v) is 5.43. The maximum atomic E-state index is 13.4. The third-order valence-corrected chi connectivity index (χ3v) is 2.53. The van der Waals surface area contributed by atoms with Gasteiger partial charge in [-0.15, -0.1) is 0 Å². The van der Waals surface area contributed by atoms with E-state index in [2.05, 4.69) is 10.3 Å². The van der Waals surface area contributed by atoms with Gasteiger partial charge in [-0.2, -0.15) is 0 Å². The summed E-state index contributed by atoms with van der Waals surface area (Å²) < 4.78 is 26.4. The quantitative estimate of drug-likeness (QED) is 0.891. The van der Waals surface area contributed by atoms with Crippen LogP contribution in [0.25, 0.3) is 0 Å². The van der Waals surface area contributed by atoms with E-state index in [4.69, 9.17) is 5.11 Å². The Morgan fingerprint density at radius 1 is 1.32 bits per heavy atom. The molecule has 98 valence electrons. The highest BCUT2D eigenvalue weighted by molar-refractivity contribution is 5.93. The minimum Gasteiger partial charge on any atom is -0.478 e. The van der Waals surface area contributed by atoms with E-state index >= 15 is 0 Å². The van der Waals surface area contributed by atoms with Crippen molar-refractivity contribution in [2.24, 2.45) is 0 Å². The summed E-state index contributed by atoms with van der Waals surface area (Å²) in [4.78, 5) is 14.7. The summed E-state index contributed by atoms with van der Waals surface area (Å²) in [6.07, 6.45) is 2.66. The second kappa shape index (κ2) is 5.43. The number of aromatic carboxylic acids is 1. The Morgan fingerprint density at radius 2 is 2.11 bits per heavy atom. The highest BCUT2D eigenvalue weighted by Gasteiger charge is 2.10. The molecule has 0 radical (unpaired) electrons. The molecule has 1 heterocycles. The molecule has 0 atom stereocenters. The second-order valence-electron chi connectivity index (χ2n) is 3.82. The van der Waals surface area contributed by atoms with Crippen LogP contribution in [-0.4, -0.2) is 16.1 Å². The molecular weight excluding hydrogens is 254 g/mol. The zero-order valence-corrected chi connectivity index (χ0v) is 9.73. The maximum Gasteiger partial charge on any atom is 0.337 e. The zero-order chi connectivity index (χ0) is 13.8. The molecular formula is C13H10F2N2O2. The van der Waals surface area contributed by atoms with Crippen molar-refractivity contribution >= 4 is 11.7 Å². The molecule has 0 fully saturated rings. The molecule has 19 heavy (non-hydrogen) atoms. The number of carboxylic acid groups (broad SMARTS) is 1. The molecule has 4 nitrogen and oxygen atoms in total. The summed E-state index contributed by atoms with van der Waals surface area (Å²) >= 11 is 0. The van der Waals surface area contributed by atoms with Gasteiger partial charge in [0.2, 0.25) is 0 Å². The monoisotopic (exact) mass is 264 g/mol. The first-order chi connectivity index (χ1) is 9.08. The molecule has 0 saturated heterocycles. The van der Waals surface area contributed by atoms with Crippen LogP contribution in [0.1, 0.15) is 15.9 Å². The number of carbonyl (C=O) groups is 1. The van der Waals surface area contributed by atoms with Gasteiger partial charge in [0.05, 0.1) is 17.4 Å². The third kappa shape index (κ3) is 3.04. The Hall–Kier alpha value is -2.50. The molecule has 1 aromatic heterocycles. The van der Waals surface area contributed by atoms with Crippen molar-refractivity contribution in [2.75, 3.05) is 5.32 Å². The van der Waals surface area contributed by atoms with Crippen molar-refractivity contribution < 1.29 is 18.7 Å². The third-order valence-electron chi connectivity index (χ3n) is 2.53. The van der Waals surface area contributed by atoms with Crippen LogP contribution in [0.15, 0.2) is 36.7 Å². The average molecular weight is 264 g/mol. The Labute approximate surface area is 107 Å². The molecule has 0 bridgehead atoms. The van der Waals surface area contributed by atoms with Crippen LogP contribution >= 0.6 is 0 Å². The lowest BCUT2D eigenvalue weighted by molar-refractivity contribution is 0.0698. The molecule has 0 amide bonds. The van der Waals surface area contributed by atoms with Gasteiger partial charge in [0.25, 0.3) is 0 Å². The van der Waals surface area contributed by atoms with E-state index < -0.39 is 17.6 Å². The van der Waals surface area contributed by atoms with E-state index in [9.17, 15) is 13.6 Å². The van der Waals surface area contributed by atoms with Crippen molar-refractivity contribution in [3.8, 4) is 0 Å². The number of rotatable bonds is 4. The lowest BCUT2D eigenvalue weighted by Crippen LogP contribution is -2.08. The van der Waals surface area contributed by atoms with Crippen LogP contribution in [0.5, 0.6) is 0 Å². The van der Waals surface area contributed by atoms with E-state index in [1.165, 1.54) is 18.5 Å². The summed E-state index contributed by atoms with van der Waals surface area (Å²) in [6.45, 7) is -0.0322. The predicted octanol–water partition coefficient (Wildman–Crippen LogP) is 2.67. The van der Waals surface area contributed by atoms with Crippen molar-refractivity contribution in [1.29, 1.82) is 0 Å². The molecule has 0 spiro atoms. The Kier molecular flexibility index (Phi) is 3.70. The molecule has 0 unspecified atom stereocenters. The fraction of sp³-hybridized carbons (Fsp3) is 0.0769. The van der Waals surface area contributed by atoms with E-state index in [0.717, 1.165) is 18.2 Å². The lowest BCUT2D eigenvalue weighted by Gasteiger charge is -2.09.